The first-order valence-corrected chi connectivity index (χ1v) is 31.3. The number of ether oxygens (including phenoxy) is 1. The van der Waals surface area contributed by atoms with Crippen LogP contribution < -0.4 is 34.6 Å². The van der Waals surface area contributed by atoms with Crippen LogP contribution in [0.25, 0.3) is 49.9 Å². The fourth-order valence-corrected chi connectivity index (χ4v) is 17.1. The largest absolute Gasteiger partial charge is 0.503 e. The Morgan fingerprint density at radius 2 is 0.964 bits per heavy atom. The molecule has 0 aliphatic carbocycles. The van der Waals surface area contributed by atoms with Gasteiger partial charge in [0.25, 0.3) is 5.69 Å². The van der Waals surface area contributed by atoms with E-state index < -0.39 is 8.07 Å². The molecule has 0 saturated carbocycles. The van der Waals surface area contributed by atoms with Crippen LogP contribution in [0, 0.1) is 0 Å². The first-order valence-electron chi connectivity index (χ1n) is 29.3. The first-order chi connectivity index (χ1) is 40.5. The molecule has 0 unspecified atom stereocenters. The van der Waals surface area contributed by atoms with Crippen LogP contribution in [0.15, 0.2) is 261 Å². The second-order valence-electron chi connectivity index (χ2n) is 25.5. The van der Waals surface area contributed by atoms with Crippen molar-refractivity contribution < 1.29 is 4.74 Å². The molecule has 5 nitrogen and oxygen atoms in total. The molecule has 13 rings (SSSR count). The Hall–Kier alpha value is -9.45. The Labute approximate surface area is 495 Å². The lowest BCUT2D eigenvalue weighted by atomic mass is 9.80. The van der Waals surface area contributed by atoms with E-state index in [1.165, 1.54) is 48.6 Å². The summed E-state index contributed by atoms with van der Waals surface area (Å²) in [6.45, 7) is 20.6. The van der Waals surface area contributed by atoms with Crippen LogP contribution in [0.5, 0.6) is 11.5 Å². The van der Waals surface area contributed by atoms with Crippen LogP contribution in [-0.4, -0.2) is 23.6 Å². The molecule has 0 spiro atoms. The van der Waals surface area contributed by atoms with E-state index in [2.05, 4.69) is 331 Å². The van der Waals surface area contributed by atoms with Gasteiger partial charge in [0.05, 0.1) is 22.7 Å². The summed E-state index contributed by atoms with van der Waals surface area (Å²) < 4.78 is 13.8. The quantitative estimate of drug-likeness (QED) is 0.0735. The van der Waals surface area contributed by atoms with E-state index in [0.29, 0.717) is 5.75 Å². The lowest BCUT2D eigenvalue weighted by Gasteiger charge is -2.34. The van der Waals surface area contributed by atoms with E-state index in [0.717, 1.165) is 67.2 Å². The molecule has 3 heterocycles. The molecule has 2 aromatic heterocycles. The van der Waals surface area contributed by atoms with Crippen LogP contribution in [0.2, 0.25) is 0 Å². The van der Waals surface area contributed by atoms with E-state index in [-0.39, 0.29) is 16.2 Å². The molecule has 6 heteroatoms. The van der Waals surface area contributed by atoms with E-state index in [9.17, 15) is 0 Å². The third kappa shape index (κ3) is 9.81. The van der Waals surface area contributed by atoms with Crippen LogP contribution in [-0.2, 0) is 16.2 Å². The third-order valence-corrected chi connectivity index (χ3v) is 21.6. The Balaban J connectivity index is 0.968. The number of nitrogens with zero attached hydrogens (tertiary/aromatic N) is 4. The lowest BCUT2D eigenvalue weighted by Crippen LogP contribution is -2.74. The molecular formula is C78H70N4OSi+2. The van der Waals surface area contributed by atoms with Gasteiger partial charge in [0.2, 0.25) is 11.4 Å². The number of pyridine rings is 1. The molecule has 0 amide bonds. The Kier molecular flexibility index (Phi) is 13.5. The summed E-state index contributed by atoms with van der Waals surface area (Å²) in [6.07, 6.45) is 1.93. The second kappa shape index (κ2) is 21.1. The van der Waals surface area contributed by atoms with Gasteiger partial charge < -0.3 is 4.74 Å². The summed E-state index contributed by atoms with van der Waals surface area (Å²) in [5.74, 6) is 2.32. The molecule has 410 valence electrons. The van der Waals surface area contributed by atoms with Gasteiger partial charge >= 0.3 is 11.7 Å². The number of para-hydroxylation sites is 1. The van der Waals surface area contributed by atoms with Gasteiger partial charge in [-0.3, -0.25) is 4.57 Å². The molecule has 0 saturated heterocycles. The van der Waals surface area contributed by atoms with E-state index >= 15 is 0 Å². The molecule has 1 aliphatic rings. The average molecular weight is 1110 g/mol. The van der Waals surface area contributed by atoms with Gasteiger partial charge in [0.15, 0.2) is 8.07 Å². The van der Waals surface area contributed by atoms with Crippen molar-refractivity contribution in [2.75, 3.05) is 0 Å². The first kappa shape index (κ1) is 53.8. The zero-order valence-electron chi connectivity index (χ0n) is 49.5. The maximum atomic E-state index is 7.00. The molecule has 10 aromatic carbocycles. The van der Waals surface area contributed by atoms with Crippen LogP contribution in [0.4, 0.5) is 22.7 Å². The Morgan fingerprint density at radius 1 is 0.393 bits per heavy atom. The predicted molar refractivity (Wildman–Crippen MR) is 356 cm³/mol. The maximum Gasteiger partial charge on any atom is 0.503 e. The standard InChI is InChI=1S/C78H70N4OSi/c1-76(2,3)57-43-44-79-74(50-57)82-71-42-39-55(54-25-14-10-15-26-54)46-70(71)69-41-40-63(52-73(69)82)83-62-29-23-28-60(51-62)80-53-81(61-48-58(77(4,5)6)47-59(49-61)78(7,8)9)75-68(37-24-38-72(75)80)56-27-22-36-67(45-56)84(64-30-16-11-17-31-64,65-32-18-12-19-33-65)66-34-20-13-21-35-66/h10-52H,1-9H3/q+2. The SMILES string of the molecule is CC(C)(C)c1cc([N+]2=C=[N+](c3cccc(Oc4ccc5c6cc(-c7ccccc7)ccc6n(-c6cc(C(C)(C)C)ccn6)c5c4)c3)c3cccc(-c4cccc([Si](c5ccccc5)(c5ccccc5)c5ccccc5)c4)c32)cc(C(C)(C)C)c1. The lowest BCUT2D eigenvalue weighted by molar-refractivity contribution is 0.483. The van der Waals surface area contributed by atoms with Gasteiger partial charge in [-0.1, -0.05) is 232 Å². The van der Waals surface area contributed by atoms with Crippen molar-refractivity contribution in [2.45, 2.75) is 78.6 Å². The number of benzene rings is 10. The molecule has 0 bridgehead atoms. The average Bonchev–Trinajstić information content (AvgIpc) is 3.50. The van der Waals surface area contributed by atoms with E-state index in [4.69, 9.17) is 9.72 Å². The van der Waals surface area contributed by atoms with Gasteiger partial charge in [0.1, 0.15) is 17.3 Å². The van der Waals surface area contributed by atoms with E-state index in [1.807, 2.05) is 12.3 Å². The van der Waals surface area contributed by atoms with Crippen molar-refractivity contribution in [1.29, 1.82) is 0 Å². The molecule has 1 aliphatic heterocycles. The summed E-state index contributed by atoms with van der Waals surface area (Å²) in [5, 5.41) is 7.62. The van der Waals surface area contributed by atoms with Gasteiger partial charge in [-0.15, -0.1) is 0 Å². The zero-order valence-corrected chi connectivity index (χ0v) is 50.5. The molecule has 0 radical (unpaired) electrons. The molecule has 84 heavy (non-hydrogen) atoms. The minimum Gasteiger partial charge on any atom is -0.457 e. The van der Waals surface area contributed by atoms with Crippen molar-refractivity contribution >= 4 is 79.4 Å². The number of hydrogen-bond acceptors (Lipinski definition) is 2. The fraction of sp³-hybridized carbons (Fsp3) is 0.154. The summed E-state index contributed by atoms with van der Waals surface area (Å²) in [5.41, 5.74) is 14.3. The monoisotopic (exact) mass is 1110 g/mol. The van der Waals surface area contributed by atoms with Gasteiger partial charge in [0, 0.05) is 47.3 Å². The van der Waals surface area contributed by atoms with Gasteiger partial charge in [-0.2, -0.15) is 0 Å². The topological polar surface area (TPSA) is 33.1 Å². The molecular weight excluding hydrogens is 1040 g/mol. The maximum absolute atomic E-state index is 7.00. The van der Waals surface area contributed by atoms with Crippen LogP contribution >= 0.6 is 0 Å². The number of rotatable bonds is 11. The summed E-state index contributed by atoms with van der Waals surface area (Å²) in [7, 11) is -2.86. The van der Waals surface area contributed by atoms with Gasteiger partial charge in [-0.05, 0) is 128 Å². The smallest absolute Gasteiger partial charge is 0.457 e. The van der Waals surface area contributed by atoms with Crippen molar-refractivity contribution in [3.8, 4) is 39.6 Å². The number of hydrogen-bond donors (Lipinski definition) is 0. The van der Waals surface area contributed by atoms with Crippen LogP contribution in [0.1, 0.15) is 79.0 Å². The van der Waals surface area contributed by atoms with E-state index in [1.54, 1.807) is 0 Å². The fourth-order valence-electron chi connectivity index (χ4n) is 12.3. The minimum atomic E-state index is -2.86. The van der Waals surface area contributed by atoms with Crippen LogP contribution in [0.3, 0.4) is 0 Å². The predicted octanol–water partition coefficient (Wildman–Crippen LogP) is 17.4. The molecule has 0 atom stereocenters. The van der Waals surface area contributed by atoms with Crippen molar-refractivity contribution in [2.24, 2.45) is 0 Å². The highest BCUT2D eigenvalue weighted by molar-refractivity contribution is 7.19. The number of aromatic nitrogens is 2. The van der Waals surface area contributed by atoms with Crippen molar-refractivity contribution in [1.82, 2.24) is 18.7 Å². The van der Waals surface area contributed by atoms with Crippen molar-refractivity contribution in [3.05, 3.63) is 278 Å². The van der Waals surface area contributed by atoms with Crippen molar-refractivity contribution in [3.63, 3.8) is 0 Å². The minimum absolute atomic E-state index is 0.0570. The third-order valence-electron chi connectivity index (χ3n) is 16.8. The Bertz CT molecular complexity index is 4410. The molecule has 0 N–H and O–H groups in total. The Morgan fingerprint density at radius 3 is 1.60 bits per heavy atom. The molecule has 0 fully saturated rings. The summed E-state index contributed by atoms with van der Waals surface area (Å²) in [4.78, 5) is 5.01. The highest BCUT2D eigenvalue weighted by Crippen LogP contribution is 2.45. The summed E-state index contributed by atoms with van der Waals surface area (Å²) >= 11 is 0. The second-order valence-corrected chi connectivity index (χ2v) is 29.3. The van der Waals surface area contributed by atoms with Gasteiger partial charge in [-0.25, -0.2) is 4.98 Å². The normalized spacial score (nSPS) is 12.8. The summed E-state index contributed by atoms with van der Waals surface area (Å²) in [6, 6.07) is 97.4. The highest BCUT2D eigenvalue weighted by Gasteiger charge is 2.44. The highest BCUT2D eigenvalue weighted by atomic mass is 28.3. The molecule has 12 aromatic rings. The zero-order chi connectivity index (χ0) is 58.0. The number of fused-ring (bicyclic) bond motifs is 4.